The molecule has 0 bridgehead atoms. The van der Waals surface area contributed by atoms with Crippen molar-refractivity contribution in [3.8, 4) is 0 Å². The maximum Gasteiger partial charge on any atom is 0.238 e. The van der Waals surface area contributed by atoms with Gasteiger partial charge < -0.3 is 15.1 Å². The minimum Gasteiger partial charge on any atom is -0.371 e. The fourth-order valence-corrected chi connectivity index (χ4v) is 2.39. The Balaban J connectivity index is 2.10. The Labute approximate surface area is 115 Å². The van der Waals surface area contributed by atoms with Crippen molar-refractivity contribution >= 4 is 17.3 Å². The lowest BCUT2D eigenvalue weighted by atomic mass is 10.1. The van der Waals surface area contributed by atoms with Crippen molar-refractivity contribution in [3.05, 3.63) is 23.8 Å². The average Bonchev–Trinajstić information content (AvgIpc) is 2.84. The largest absolute Gasteiger partial charge is 0.371 e. The quantitative estimate of drug-likeness (QED) is 0.901. The molecular weight excluding hydrogens is 238 g/mol. The Morgan fingerprint density at radius 1 is 1.32 bits per heavy atom. The van der Waals surface area contributed by atoms with Gasteiger partial charge in [-0.05, 0) is 51.6 Å². The summed E-state index contributed by atoms with van der Waals surface area (Å²) < 4.78 is 0. The van der Waals surface area contributed by atoms with Gasteiger partial charge in [-0.1, -0.05) is 6.07 Å². The first-order chi connectivity index (χ1) is 9.06. The summed E-state index contributed by atoms with van der Waals surface area (Å²) in [4.78, 5) is 16.1. The number of anilines is 2. The second-order valence-electron chi connectivity index (χ2n) is 5.48. The molecular formula is C15H23N3O. The molecule has 1 aromatic carbocycles. The maximum absolute atomic E-state index is 11.8. The van der Waals surface area contributed by atoms with Crippen LogP contribution >= 0.6 is 0 Å². The van der Waals surface area contributed by atoms with E-state index in [9.17, 15) is 4.79 Å². The third-order valence-corrected chi connectivity index (χ3v) is 3.43. The van der Waals surface area contributed by atoms with Gasteiger partial charge in [-0.2, -0.15) is 0 Å². The van der Waals surface area contributed by atoms with Gasteiger partial charge in [0.15, 0.2) is 0 Å². The topological polar surface area (TPSA) is 35.6 Å². The lowest BCUT2D eigenvalue weighted by Crippen LogP contribution is -2.27. The first-order valence-electron chi connectivity index (χ1n) is 6.86. The summed E-state index contributed by atoms with van der Waals surface area (Å²) in [6.07, 6.45) is 2.52. The van der Waals surface area contributed by atoms with Crippen LogP contribution in [-0.4, -0.2) is 44.5 Å². The third-order valence-electron chi connectivity index (χ3n) is 3.43. The predicted octanol–water partition coefficient (Wildman–Crippen LogP) is 2.10. The normalized spacial score (nSPS) is 15.1. The highest BCUT2D eigenvalue weighted by Crippen LogP contribution is 2.26. The molecule has 1 saturated heterocycles. The standard InChI is InChI=1S/C15H23N3O/c1-12-6-7-13(18-8-4-5-9-18)10-14(12)16-15(19)11-17(2)3/h6-7,10H,4-5,8-9,11H2,1-3H3,(H,16,19). The Hall–Kier alpha value is -1.55. The summed E-state index contributed by atoms with van der Waals surface area (Å²) >= 11 is 0. The second kappa shape index (κ2) is 6.06. The molecule has 19 heavy (non-hydrogen) atoms. The number of likely N-dealkylation sites (N-methyl/N-ethyl adjacent to an activating group) is 1. The van der Waals surface area contributed by atoms with Crippen molar-refractivity contribution in [2.45, 2.75) is 19.8 Å². The van der Waals surface area contributed by atoms with Crippen LogP contribution in [0.3, 0.4) is 0 Å². The summed E-state index contributed by atoms with van der Waals surface area (Å²) in [5, 5.41) is 3.00. The van der Waals surface area contributed by atoms with Gasteiger partial charge in [0.05, 0.1) is 6.54 Å². The van der Waals surface area contributed by atoms with Gasteiger partial charge in [0.25, 0.3) is 0 Å². The number of rotatable bonds is 4. The molecule has 1 amide bonds. The Kier molecular flexibility index (Phi) is 4.43. The number of benzene rings is 1. The summed E-state index contributed by atoms with van der Waals surface area (Å²) in [6.45, 7) is 4.68. The zero-order valence-corrected chi connectivity index (χ0v) is 12.1. The van der Waals surface area contributed by atoms with Crippen LogP contribution in [0.4, 0.5) is 11.4 Å². The lowest BCUT2D eigenvalue weighted by Gasteiger charge is -2.20. The predicted molar refractivity (Wildman–Crippen MR) is 79.8 cm³/mol. The van der Waals surface area contributed by atoms with E-state index in [1.165, 1.54) is 18.5 Å². The Bertz CT molecular complexity index is 451. The highest BCUT2D eigenvalue weighted by molar-refractivity contribution is 5.93. The Morgan fingerprint density at radius 3 is 2.63 bits per heavy atom. The second-order valence-corrected chi connectivity index (χ2v) is 5.48. The highest BCUT2D eigenvalue weighted by atomic mass is 16.2. The van der Waals surface area contributed by atoms with Crippen LogP contribution in [0.1, 0.15) is 18.4 Å². The lowest BCUT2D eigenvalue weighted by molar-refractivity contribution is -0.116. The molecule has 0 spiro atoms. The number of nitrogens with zero attached hydrogens (tertiary/aromatic N) is 2. The zero-order valence-electron chi connectivity index (χ0n) is 12.1. The van der Waals surface area contributed by atoms with E-state index >= 15 is 0 Å². The molecule has 1 aliphatic heterocycles. The van der Waals surface area contributed by atoms with Crippen LogP contribution in [0.5, 0.6) is 0 Å². The van der Waals surface area contributed by atoms with Crippen molar-refractivity contribution in [3.63, 3.8) is 0 Å². The van der Waals surface area contributed by atoms with Crippen molar-refractivity contribution in [1.29, 1.82) is 0 Å². The van der Waals surface area contributed by atoms with Crippen molar-refractivity contribution < 1.29 is 4.79 Å². The number of carbonyl (C=O) groups excluding carboxylic acids is 1. The molecule has 2 rings (SSSR count). The van der Waals surface area contributed by atoms with Crippen LogP contribution in [0, 0.1) is 6.92 Å². The number of nitrogens with one attached hydrogen (secondary N) is 1. The van der Waals surface area contributed by atoms with E-state index in [0.717, 1.165) is 24.3 Å². The summed E-state index contributed by atoms with van der Waals surface area (Å²) in [7, 11) is 3.79. The number of carbonyl (C=O) groups is 1. The minimum atomic E-state index is 0.0340. The van der Waals surface area contributed by atoms with Gasteiger partial charge in [-0.15, -0.1) is 0 Å². The van der Waals surface area contributed by atoms with E-state index in [0.29, 0.717) is 6.54 Å². The maximum atomic E-state index is 11.8. The molecule has 0 aromatic heterocycles. The van der Waals surface area contributed by atoms with Crippen LogP contribution in [0.25, 0.3) is 0 Å². The summed E-state index contributed by atoms with van der Waals surface area (Å²) in [5.74, 6) is 0.0340. The van der Waals surface area contributed by atoms with Gasteiger partial charge >= 0.3 is 0 Å². The summed E-state index contributed by atoms with van der Waals surface area (Å²) in [6, 6.07) is 6.31. The third kappa shape index (κ3) is 3.70. The SMILES string of the molecule is Cc1ccc(N2CCCC2)cc1NC(=O)CN(C)C. The van der Waals surface area contributed by atoms with Crippen LogP contribution in [-0.2, 0) is 4.79 Å². The molecule has 0 saturated carbocycles. The zero-order chi connectivity index (χ0) is 13.8. The van der Waals surface area contributed by atoms with E-state index in [1.54, 1.807) is 0 Å². The van der Waals surface area contributed by atoms with Crippen molar-refractivity contribution in [2.24, 2.45) is 0 Å². The fraction of sp³-hybridized carbons (Fsp3) is 0.533. The van der Waals surface area contributed by atoms with Gasteiger partial charge in [0, 0.05) is 24.5 Å². The van der Waals surface area contributed by atoms with Gasteiger partial charge in [-0.25, -0.2) is 0 Å². The molecule has 1 heterocycles. The first-order valence-corrected chi connectivity index (χ1v) is 6.86. The van der Waals surface area contributed by atoms with Gasteiger partial charge in [0.1, 0.15) is 0 Å². The van der Waals surface area contributed by atoms with Gasteiger partial charge in [-0.3, -0.25) is 4.79 Å². The molecule has 0 atom stereocenters. The Morgan fingerprint density at radius 2 is 2.00 bits per heavy atom. The number of aryl methyl sites for hydroxylation is 1. The molecule has 1 N–H and O–H groups in total. The molecule has 0 unspecified atom stereocenters. The molecule has 4 heteroatoms. The molecule has 1 fully saturated rings. The fourth-order valence-electron chi connectivity index (χ4n) is 2.39. The molecule has 4 nitrogen and oxygen atoms in total. The van der Waals surface area contributed by atoms with E-state index in [2.05, 4.69) is 28.4 Å². The van der Waals surface area contributed by atoms with E-state index in [4.69, 9.17) is 0 Å². The van der Waals surface area contributed by atoms with Crippen molar-refractivity contribution in [1.82, 2.24) is 4.90 Å². The molecule has 1 aromatic rings. The summed E-state index contributed by atoms with van der Waals surface area (Å²) in [5.41, 5.74) is 3.24. The van der Waals surface area contributed by atoms with Crippen molar-refractivity contribution in [2.75, 3.05) is 43.9 Å². The highest BCUT2D eigenvalue weighted by Gasteiger charge is 2.14. The average molecular weight is 261 g/mol. The molecule has 0 aliphatic carbocycles. The van der Waals surface area contributed by atoms with Crippen LogP contribution < -0.4 is 10.2 Å². The molecule has 0 radical (unpaired) electrons. The van der Waals surface area contributed by atoms with E-state index < -0.39 is 0 Å². The molecule has 104 valence electrons. The van der Waals surface area contributed by atoms with Crippen LogP contribution in [0.15, 0.2) is 18.2 Å². The molecule has 1 aliphatic rings. The van der Waals surface area contributed by atoms with E-state index in [-0.39, 0.29) is 5.91 Å². The smallest absolute Gasteiger partial charge is 0.238 e. The van der Waals surface area contributed by atoms with Crippen LogP contribution in [0.2, 0.25) is 0 Å². The van der Waals surface area contributed by atoms with Gasteiger partial charge in [0.2, 0.25) is 5.91 Å². The first kappa shape index (κ1) is 13.9. The minimum absolute atomic E-state index is 0.0340. The number of amides is 1. The monoisotopic (exact) mass is 261 g/mol. The van der Waals surface area contributed by atoms with E-state index in [1.807, 2.05) is 25.9 Å². The number of hydrogen-bond donors (Lipinski definition) is 1. The number of hydrogen-bond acceptors (Lipinski definition) is 3.